The number of aryl methyl sites for hydroxylation is 1. The minimum absolute atomic E-state index is 0.276. The average Bonchev–Trinajstić information content (AvgIpc) is 3.28. The smallest absolute Gasteiger partial charge is 0.264 e. The Morgan fingerprint density at radius 3 is 2.77 bits per heavy atom. The molecule has 3 heterocycles. The maximum Gasteiger partial charge on any atom is 0.264 e. The standard InChI is InChI=1S/C41H57ClN4O6S/c1-5-6-16-41(50-4,27-44-17-18-45-19-20-51-25-34(45)24-44)36-12-9-32(36)23-46-26-40(15-7-8-30-21-33(42)11-13-35(30)40)28-52-38-14-10-31(22-37(38)46)39(47)43-53(48,49)29(2)3/h6,10-11,13-14,16,21-22,29,32,34,36H,5,7-9,12,15,17-20,23-28H2,1-4H3,(H,43,47)/b16-6+/t32-,34+,36+,40-,41-/m0/s1. The van der Waals surface area contributed by atoms with Crippen molar-refractivity contribution in [2.24, 2.45) is 11.8 Å². The van der Waals surface area contributed by atoms with E-state index in [0.29, 0.717) is 42.3 Å². The minimum Gasteiger partial charge on any atom is -0.490 e. The highest BCUT2D eigenvalue weighted by Gasteiger charge is 2.50. The van der Waals surface area contributed by atoms with Crippen molar-refractivity contribution >= 4 is 33.2 Å². The summed E-state index contributed by atoms with van der Waals surface area (Å²) >= 11 is 6.51. The van der Waals surface area contributed by atoms with Gasteiger partial charge in [-0.3, -0.25) is 14.6 Å². The Bertz CT molecular complexity index is 1790. The van der Waals surface area contributed by atoms with E-state index in [1.165, 1.54) is 11.1 Å². The predicted molar refractivity (Wildman–Crippen MR) is 210 cm³/mol. The van der Waals surface area contributed by atoms with Crippen LogP contribution < -0.4 is 14.4 Å². The van der Waals surface area contributed by atoms with E-state index in [9.17, 15) is 13.2 Å². The quantitative estimate of drug-likeness (QED) is 0.290. The molecule has 290 valence electrons. The molecule has 1 amide bonds. The van der Waals surface area contributed by atoms with Gasteiger partial charge in [0.05, 0.1) is 30.8 Å². The lowest BCUT2D eigenvalue weighted by atomic mass is 9.63. The van der Waals surface area contributed by atoms with E-state index in [2.05, 4.69) is 50.6 Å². The molecule has 5 atom stereocenters. The summed E-state index contributed by atoms with van der Waals surface area (Å²) < 4.78 is 46.9. The highest BCUT2D eigenvalue weighted by molar-refractivity contribution is 7.90. The van der Waals surface area contributed by atoms with Crippen molar-refractivity contribution in [3.8, 4) is 5.75 Å². The van der Waals surface area contributed by atoms with Gasteiger partial charge in [-0.25, -0.2) is 13.1 Å². The lowest BCUT2D eigenvalue weighted by molar-refractivity contribution is -0.108. The van der Waals surface area contributed by atoms with Crippen molar-refractivity contribution in [1.82, 2.24) is 14.5 Å². The molecule has 0 bridgehead atoms. The third-order valence-corrected chi connectivity index (χ3v) is 14.6. The van der Waals surface area contributed by atoms with Crippen molar-refractivity contribution in [2.45, 2.75) is 81.6 Å². The average molecular weight is 769 g/mol. The predicted octanol–water partition coefficient (Wildman–Crippen LogP) is 5.68. The molecule has 0 aromatic heterocycles. The Hall–Kier alpha value is -2.67. The molecule has 7 rings (SSSR count). The van der Waals surface area contributed by atoms with Crippen LogP contribution in [0, 0.1) is 11.8 Å². The number of rotatable bonds is 11. The van der Waals surface area contributed by atoms with Gasteiger partial charge >= 0.3 is 0 Å². The fourth-order valence-corrected chi connectivity index (χ4v) is 10.3. The van der Waals surface area contributed by atoms with Gasteiger partial charge in [0.2, 0.25) is 10.0 Å². The van der Waals surface area contributed by atoms with E-state index < -0.39 is 26.8 Å². The molecular weight excluding hydrogens is 712 g/mol. The number of piperazine rings is 1. The van der Waals surface area contributed by atoms with E-state index in [-0.39, 0.29) is 5.41 Å². The Kier molecular flexibility index (Phi) is 11.5. The summed E-state index contributed by atoms with van der Waals surface area (Å²) in [6, 6.07) is 12.0. The highest BCUT2D eigenvalue weighted by atomic mass is 35.5. The number of allylic oxidation sites excluding steroid dienone is 1. The zero-order chi connectivity index (χ0) is 37.4. The lowest BCUT2D eigenvalue weighted by Crippen LogP contribution is -2.62. The van der Waals surface area contributed by atoms with Crippen LogP contribution >= 0.6 is 11.6 Å². The highest BCUT2D eigenvalue weighted by Crippen LogP contribution is 2.49. The van der Waals surface area contributed by atoms with Gasteiger partial charge in [0.1, 0.15) is 11.4 Å². The second-order valence-corrected chi connectivity index (χ2v) is 18.9. The Morgan fingerprint density at radius 2 is 2.02 bits per heavy atom. The minimum atomic E-state index is -3.80. The largest absolute Gasteiger partial charge is 0.490 e. The van der Waals surface area contributed by atoms with Crippen LogP contribution in [0.4, 0.5) is 5.69 Å². The van der Waals surface area contributed by atoms with Gasteiger partial charge in [-0.1, -0.05) is 36.7 Å². The maximum absolute atomic E-state index is 13.4. The number of amides is 1. The Labute approximate surface area is 321 Å². The van der Waals surface area contributed by atoms with E-state index in [0.717, 1.165) is 102 Å². The van der Waals surface area contributed by atoms with Crippen molar-refractivity contribution in [1.29, 1.82) is 0 Å². The molecule has 53 heavy (non-hydrogen) atoms. The molecule has 2 aromatic rings. The summed E-state index contributed by atoms with van der Waals surface area (Å²) in [6.45, 7) is 13.7. The number of anilines is 1. The summed E-state index contributed by atoms with van der Waals surface area (Å²) in [5, 5.41) is 0.0123. The molecule has 10 nitrogen and oxygen atoms in total. The first-order valence-electron chi connectivity index (χ1n) is 19.6. The molecule has 2 aromatic carbocycles. The number of carbonyl (C=O) groups excluding carboxylic acids is 1. The van der Waals surface area contributed by atoms with Crippen LogP contribution in [-0.2, 0) is 31.3 Å². The molecule has 1 spiro atoms. The zero-order valence-corrected chi connectivity index (χ0v) is 33.4. The maximum atomic E-state index is 13.4. The number of nitrogens with one attached hydrogen (secondary N) is 1. The second kappa shape index (κ2) is 15.8. The first-order valence-corrected chi connectivity index (χ1v) is 21.5. The molecule has 3 aliphatic heterocycles. The molecule has 0 radical (unpaired) electrons. The number of methoxy groups -OCH3 is 1. The van der Waals surface area contributed by atoms with Crippen LogP contribution in [0.2, 0.25) is 5.02 Å². The van der Waals surface area contributed by atoms with Gasteiger partial charge in [-0.15, -0.1) is 0 Å². The van der Waals surface area contributed by atoms with Gasteiger partial charge in [0.25, 0.3) is 5.91 Å². The molecule has 2 saturated heterocycles. The number of morpholine rings is 1. The molecule has 1 saturated carbocycles. The van der Waals surface area contributed by atoms with Crippen molar-refractivity contribution < 1.29 is 27.4 Å². The van der Waals surface area contributed by atoms with E-state index >= 15 is 0 Å². The first-order chi connectivity index (χ1) is 25.5. The van der Waals surface area contributed by atoms with Gasteiger partial charge in [0, 0.05) is 75.0 Å². The third kappa shape index (κ3) is 7.89. The summed E-state index contributed by atoms with van der Waals surface area (Å²) in [7, 11) is -1.93. The number of halogens is 1. The van der Waals surface area contributed by atoms with E-state index in [4.69, 9.17) is 25.8 Å². The molecule has 12 heteroatoms. The molecule has 3 fully saturated rings. The lowest BCUT2D eigenvalue weighted by Gasteiger charge is -2.53. The number of ether oxygens (including phenoxy) is 3. The van der Waals surface area contributed by atoms with E-state index in [1.807, 2.05) is 25.3 Å². The number of hydrogen-bond donors (Lipinski definition) is 1. The van der Waals surface area contributed by atoms with Crippen molar-refractivity contribution in [3.63, 3.8) is 0 Å². The summed E-state index contributed by atoms with van der Waals surface area (Å²) in [4.78, 5) is 21.0. The summed E-state index contributed by atoms with van der Waals surface area (Å²) in [6.07, 6.45) is 10.7. The normalized spacial score (nSPS) is 27.7. The summed E-state index contributed by atoms with van der Waals surface area (Å²) in [5.41, 5.74) is 2.94. The van der Waals surface area contributed by atoms with Gasteiger partial charge in [-0.05, 0) is 106 Å². The molecule has 2 aliphatic carbocycles. The summed E-state index contributed by atoms with van der Waals surface area (Å²) in [5.74, 6) is 0.690. The number of hydrogen-bond acceptors (Lipinski definition) is 9. The second-order valence-electron chi connectivity index (χ2n) is 16.2. The number of sulfonamides is 1. The van der Waals surface area contributed by atoms with Crippen LogP contribution in [0.25, 0.3) is 0 Å². The Morgan fingerprint density at radius 1 is 1.17 bits per heavy atom. The van der Waals surface area contributed by atoms with Crippen molar-refractivity contribution in [2.75, 3.05) is 77.6 Å². The van der Waals surface area contributed by atoms with Crippen LogP contribution in [0.3, 0.4) is 0 Å². The molecule has 5 aliphatic rings. The molecule has 1 N–H and O–H groups in total. The number of benzene rings is 2. The topological polar surface area (TPSA) is 101 Å². The molecule has 0 unspecified atom stereocenters. The third-order valence-electron chi connectivity index (χ3n) is 12.7. The van der Waals surface area contributed by atoms with Gasteiger partial charge in [0.15, 0.2) is 0 Å². The van der Waals surface area contributed by atoms with E-state index in [1.54, 1.807) is 19.9 Å². The fraction of sp³-hybridized carbons (Fsp3) is 0.634. The fourth-order valence-electron chi connectivity index (χ4n) is 9.47. The van der Waals surface area contributed by atoms with Crippen LogP contribution in [0.1, 0.15) is 74.4 Å². The van der Waals surface area contributed by atoms with Crippen LogP contribution in [-0.4, -0.2) is 114 Å². The molecular formula is C41H57ClN4O6S. The van der Waals surface area contributed by atoms with Crippen LogP contribution in [0.15, 0.2) is 48.6 Å². The SMILES string of the molecule is CC/C=C/[C@@](CN1CCN2CCOC[C@H]2C1)(OC)[C@@H]1CC[C@H]1CN1C[C@@]2(CCCc3cc(Cl)ccc32)COc2ccc(C(=O)NS(=O)(=O)C(C)C)cc21. The Balaban J connectivity index is 1.21. The monoisotopic (exact) mass is 768 g/mol. The first kappa shape index (κ1) is 38.6. The number of fused-ring (bicyclic) bond motifs is 4. The van der Waals surface area contributed by atoms with Gasteiger partial charge < -0.3 is 19.1 Å². The van der Waals surface area contributed by atoms with Crippen molar-refractivity contribution in [3.05, 3.63) is 70.3 Å². The van der Waals surface area contributed by atoms with Gasteiger partial charge in [-0.2, -0.15) is 0 Å². The number of nitrogens with zero attached hydrogens (tertiary/aromatic N) is 3. The zero-order valence-electron chi connectivity index (χ0n) is 31.8. The van der Waals surface area contributed by atoms with Crippen LogP contribution in [0.5, 0.6) is 5.75 Å². The number of carbonyl (C=O) groups is 1.